The van der Waals surface area contributed by atoms with E-state index >= 15 is 0 Å². The summed E-state index contributed by atoms with van der Waals surface area (Å²) in [4.78, 5) is 37.2. The van der Waals surface area contributed by atoms with Crippen LogP contribution >= 0.6 is 24.1 Å². The molecule has 0 unspecified atom stereocenters. The van der Waals surface area contributed by atoms with Gasteiger partial charge in [-0.3, -0.25) is 18.7 Å². The van der Waals surface area contributed by atoms with Gasteiger partial charge in [0.05, 0.1) is 47.6 Å². The van der Waals surface area contributed by atoms with Gasteiger partial charge >= 0.3 is 11.9 Å². The highest BCUT2D eigenvalue weighted by molar-refractivity contribution is 7.94. The number of nitrogens with zero attached hydrogens (tertiary/aromatic N) is 4. The van der Waals surface area contributed by atoms with Crippen LogP contribution in [-0.2, 0) is 58.0 Å². The molecule has 0 atom stereocenters. The van der Waals surface area contributed by atoms with E-state index in [1.54, 1.807) is 0 Å². The van der Waals surface area contributed by atoms with E-state index in [1.807, 2.05) is 0 Å². The Bertz CT molecular complexity index is 2320. The van der Waals surface area contributed by atoms with E-state index < -0.39 is 76.7 Å². The van der Waals surface area contributed by atoms with Crippen LogP contribution in [0.3, 0.4) is 0 Å². The molecule has 1 aliphatic heterocycles. The number of allylic oxidation sites excluding steroid dienone is 4. The van der Waals surface area contributed by atoms with Crippen molar-refractivity contribution in [2.45, 2.75) is 39.9 Å². The lowest BCUT2D eigenvalue weighted by atomic mass is 10.2. The third-order valence-electron chi connectivity index (χ3n) is 6.65. The second kappa shape index (κ2) is 18.6. The summed E-state index contributed by atoms with van der Waals surface area (Å²) in [5.74, 6) is -4.28. The fourth-order valence-electron chi connectivity index (χ4n) is 4.39. The molecule has 5 N–H and O–H groups in total. The van der Waals surface area contributed by atoms with Crippen molar-refractivity contribution < 1.29 is 84.2 Å². The second-order valence-corrected chi connectivity index (χ2v) is 14.4. The number of anilines is 1. The van der Waals surface area contributed by atoms with Crippen LogP contribution in [-0.4, -0.2) is 81.7 Å². The maximum Gasteiger partial charge on any atom is 0.359 e. The van der Waals surface area contributed by atoms with Crippen LogP contribution in [0.15, 0.2) is 91.0 Å². The molecule has 0 radical (unpaired) electrons. The summed E-state index contributed by atoms with van der Waals surface area (Å²) in [7, 11) is -9.91. The number of aromatic nitrogens is 2. The SMILES string of the molecule is CCOC(=O)c1nn(-c2cc(SOOO)ccc2S(=O)(=O)O)c(O)c1C=CC=C/C=C1\C(=O)N(c2cc(SOOO)ccc2S(=O)(=O)O)N=C1OC(=O)CC. The van der Waals surface area contributed by atoms with Gasteiger partial charge in [-0.25, -0.2) is 15.3 Å². The zero-order valence-electron chi connectivity index (χ0n) is 27.7. The van der Waals surface area contributed by atoms with Crippen molar-refractivity contribution in [3.63, 3.8) is 0 Å². The Kier molecular flexibility index (Phi) is 14.4. The molecular formula is C29H26N4O18S4. The van der Waals surface area contributed by atoms with Crippen molar-refractivity contribution in [2.24, 2.45) is 5.10 Å². The number of hydrazone groups is 1. The number of hydrogen-bond donors (Lipinski definition) is 5. The molecule has 2 heterocycles. The fraction of sp³-hybridized carbons (Fsp3) is 0.138. The van der Waals surface area contributed by atoms with Gasteiger partial charge in [0, 0.05) is 16.2 Å². The highest BCUT2D eigenvalue weighted by atomic mass is 32.2. The molecule has 0 aliphatic carbocycles. The number of carbonyl (C=O) groups excluding carboxylic acids is 3. The quantitative estimate of drug-likeness (QED) is 0.0259. The largest absolute Gasteiger partial charge is 0.493 e. The summed E-state index contributed by atoms with van der Waals surface area (Å²) in [6.45, 7) is 2.82. The lowest BCUT2D eigenvalue weighted by molar-refractivity contribution is -0.432. The van der Waals surface area contributed by atoms with Gasteiger partial charge in [-0.2, -0.15) is 31.6 Å². The first kappa shape index (κ1) is 42.8. The summed E-state index contributed by atoms with van der Waals surface area (Å²) in [5, 5.41) is 43.6. The fourth-order valence-corrected chi connectivity index (χ4v) is 6.48. The van der Waals surface area contributed by atoms with Gasteiger partial charge in [0.15, 0.2) is 5.69 Å². The number of aromatic hydroxyl groups is 1. The van der Waals surface area contributed by atoms with Gasteiger partial charge in [-0.15, -0.1) is 13.8 Å². The third-order valence-corrected chi connectivity index (χ3v) is 9.60. The van der Waals surface area contributed by atoms with Gasteiger partial charge in [0.1, 0.15) is 15.4 Å². The molecule has 0 spiro atoms. The van der Waals surface area contributed by atoms with E-state index in [9.17, 15) is 45.4 Å². The smallest absolute Gasteiger partial charge is 0.359 e. The lowest BCUT2D eigenvalue weighted by Crippen LogP contribution is -2.23. The molecule has 0 saturated heterocycles. The summed E-state index contributed by atoms with van der Waals surface area (Å²) in [6.07, 6.45) is 5.81. The topological polar surface area (TPSA) is 309 Å². The molecule has 1 aliphatic rings. The van der Waals surface area contributed by atoms with Crippen molar-refractivity contribution in [3.8, 4) is 11.6 Å². The molecule has 294 valence electrons. The lowest BCUT2D eigenvalue weighted by Gasteiger charge is -2.15. The van der Waals surface area contributed by atoms with Crippen molar-refractivity contribution in [1.82, 2.24) is 9.78 Å². The Morgan fingerprint density at radius 1 is 0.873 bits per heavy atom. The maximum atomic E-state index is 13.6. The molecule has 4 rings (SSSR count). The van der Waals surface area contributed by atoms with Gasteiger partial charge < -0.3 is 14.6 Å². The summed E-state index contributed by atoms with van der Waals surface area (Å²) in [5.41, 5.74) is -2.17. The highest BCUT2D eigenvalue weighted by Gasteiger charge is 2.36. The van der Waals surface area contributed by atoms with E-state index in [-0.39, 0.29) is 34.0 Å². The van der Waals surface area contributed by atoms with Crippen LogP contribution in [0.1, 0.15) is 36.3 Å². The Morgan fingerprint density at radius 3 is 2.00 bits per heavy atom. The Labute approximate surface area is 318 Å². The number of rotatable bonds is 16. The van der Waals surface area contributed by atoms with E-state index in [0.717, 1.165) is 48.6 Å². The first-order valence-corrected chi connectivity index (χ1v) is 19.1. The number of amides is 1. The first-order chi connectivity index (χ1) is 26.0. The van der Waals surface area contributed by atoms with Crippen LogP contribution in [0.4, 0.5) is 5.69 Å². The monoisotopic (exact) mass is 846 g/mol. The molecule has 3 aromatic rings. The summed E-state index contributed by atoms with van der Waals surface area (Å²) >= 11 is 0.802. The summed E-state index contributed by atoms with van der Waals surface area (Å²) < 4.78 is 87.8. The Morgan fingerprint density at radius 2 is 1.45 bits per heavy atom. The van der Waals surface area contributed by atoms with Crippen LogP contribution in [0.5, 0.6) is 5.88 Å². The minimum absolute atomic E-state index is 0.0638. The predicted molar refractivity (Wildman–Crippen MR) is 186 cm³/mol. The number of hydrogen-bond acceptors (Lipinski definition) is 20. The minimum atomic E-state index is -4.96. The van der Waals surface area contributed by atoms with E-state index in [2.05, 4.69) is 28.9 Å². The standard InChI is InChI=1S/C29H26N4O18S4/c1-3-24(34)47-26-19(28(36)33(31-26)21-15-17(53-51-49-39)11-13-23(21)55(43,44)45)9-7-5-6-8-18-25(29(37)46-4-2)30-32(27(18)35)20-14-16(52-50-48-38)10-12-22(20)54(40,41)42/h5-15,35,38-39H,3-4H2,1-2H3,(H,40,41,42)(H,43,44,45)/b7-5?,8-6?,19-9-. The Hall–Kier alpha value is -4.97. The van der Waals surface area contributed by atoms with Crippen molar-refractivity contribution in [2.75, 3.05) is 11.6 Å². The second-order valence-electron chi connectivity index (χ2n) is 10.1. The zero-order chi connectivity index (χ0) is 40.5. The predicted octanol–water partition coefficient (Wildman–Crippen LogP) is 3.91. The molecular weight excluding hydrogens is 821 g/mol. The molecule has 26 heteroatoms. The summed E-state index contributed by atoms with van der Waals surface area (Å²) in [6, 6.07) is 6.23. The van der Waals surface area contributed by atoms with Gasteiger partial charge in [0.2, 0.25) is 5.88 Å². The van der Waals surface area contributed by atoms with Crippen LogP contribution in [0.2, 0.25) is 0 Å². The van der Waals surface area contributed by atoms with Crippen molar-refractivity contribution in [3.05, 3.63) is 77.5 Å². The van der Waals surface area contributed by atoms with Gasteiger partial charge in [0.25, 0.3) is 32.0 Å². The molecule has 2 aromatic carbocycles. The first-order valence-electron chi connectivity index (χ1n) is 14.8. The third kappa shape index (κ3) is 10.4. The molecule has 0 saturated carbocycles. The Balaban J connectivity index is 1.76. The molecule has 22 nitrogen and oxygen atoms in total. The zero-order valence-corrected chi connectivity index (χ0v) is 31.0. The van der Waals surface area contributed by atoms with Crippen LogP contribution in [0, 0.1) is 0 Å². The van der Waals surface area contributed by atoms with Gasteiger partial charge in [-0.05, 0) is 55.5 Å². The minimum Gasteiger partial charge on any atom is -0.493 e. The molecule has 1 amide bonds. The molecule has 0 fully saturated rings. The van der Waals surface area contributed by atoms with E-state index in [1.165, 1.54) is 32.1 Å². The normalized spacial score (nSPS) is 14.4. The number of benzene rings is 2. The average molecular weight is 847 g/mol. The molecule has 1 aromatic heterocycles. The van der Waals surface area contributed by atoms with E-state index in [0.29, 0.717) is 33.8 Å². The van der Waals surface area contributed by atoms with E-state index in [4.69, 9.17) is 20.0 Å². The number of esters is 2. The van der Waals surface area contributed by atoms with Crippen molar-refractivity contribution in [1.29, 1.82) is 0 Å². The van der Waals surface area contributed by atoms with Crippen molar-refractivity contribution >= 4 is 79.8 Å². The maximum absolute atomic E-state index is 13.6. The van der Waals surface area contributed by atoms with Crippen LogP contribution in [0.25, 0.3) is 11.8 Å². The number of ether oxygens (including phenoxy) is 2. The van der Waals surface area contributed by atoms with Gasteiger partial charge in [-0.1, -0.05) is 35.2 Å². The average Bonchev–Trinajstić information content (AvgIpc) is 3.63. The highest BCUT2D eigenvalue weighted by Crippen LogP contribution is 2.36. The molecule has 0 bridgehead atoms. The van der Waals surface area contributed by atoms with Crippen LogP contribution < -0.4 is 5.01 Å². The molecule has 55 heavy (non-hydrogen) atoms. The number of carbonyl (C=O) groups is 3.